The topological polar surface area (TPSA) is 44.4 Å². The largest absolute Gasteiger partial charge is 0.350 e. The zero-order valence-electron chi connectivity index (χ0n) is 10.4. The lowest BCUT2D eigenvalue weighted by atomic mass is 10.2. The van der Waals surface area contributed by atoms with Gasteiger partial charge in [0.25, 0.3) is 0 Å². The molecule has 1 atom stereocenters. The summed E-state index contributed by atoms with van der Waals surface area (Å²) in [5, 5.41) is 6.24. The summed E-state index contributed by atoms with van der Waals surface area (Å²) in [7, 11) is 0. The number of amides is 1. The standard InChI is InChI=1S/C12H18ClN3OS/c1-9-6-14-4-5-16(9)8-12(17)15-7-10-2-3-11(13)18-10/h2-3,9,14H,4-8H2,1H3,(H,15,17)/t9-/m0/s1. The summed E-state index contributed by atoms with van der Waals surface area (Å²) >= 11 is 7.34. The van der Waals surface area contributed by atoms with Gasteiger partial charge in [0.1, 0.15) is 0 Å². The number of piperazine rings is 1. The monoisotopic (exact) mass is 287 g/mol. The van der Waals surface area contributed by atoms with Crippen LogP contribution in [0.1, 0.15) is 11.8 Å². The number of nitrogens with zero attached hydrogens (tertiary/aromatic N) is 1. The van der Waals surface area contributed by atoms with Gasteiger partial charge in [-0.2, -0.15) is 0 Å². The Labute approximate surface area is 116 Å². The predicted molar refractivity (Wildman–Crippen MR) is 75.1 cm³/mol. The van der Waals surface area contributed by atoms with Gasteiger partial charge in [-0.25, -0.2) is 0 Å². The zero-order valence-corrected chi connectivity index (χ0v) is 12.0. The first-order valence-electron chi connectivity index (χ1n) is 6.11. The van der Waals surface area contributed by atoms with Gasteiger partial charge in [-0.3, -0.25) is 9.69 Å². The lowest BCUT2D eigenvalue weighted by Crippen LogP contribution is -2.52. The van der Waals surface area contributed by atoms with Crippen molar-refractivity contribution in [2.45, 2.75) is 19.5 Å². The molecule has 0 bridgehead atoms. The van der Waals surface area contributed by atoms with Crippen LogP contribution in [0.5, 0.6) is 0 Å². The van der Waals surface area contributed by atoms with Gasteiger partial charge in [0.15, 0.2) is 0 Å². The molecule has 1 aliphatic rings. The molecular formula is C12H18ClN3OS. The number of thiophene rings is 1. The summed E-state index contributed by atoms with van der Waals surface area (Å²) in [6, 6.07) is 4.22. The summed E-state index contributed by atoms with van der Waals surface area (Å²) in [4.78, 5) is 15.1. The Morgan fingerprint density at radius 1 is 1.67 bits per heavy atom. The van der Waals surface area contributed by atoms with Crippen molar-refractivity contribution in [2.24, 2.45) is 0 Å². The van der Waals surface area contributed by atoms with E-state index >= 15 is 0 Å². The van der Waals surface area contributed by atoms with E-state index in [9.17, 15) is 4.79 Å². The van der Waals surface area contributed by atoms with Crippen molar-refractivity contribution in [3.63, 3.8) is 0 Å². The van der Waals surface area contributed by atoms with Gasteiger partial charge in [-0.1, -0.05) is 11.6 Å². The van der Waals surface area contributed by atoms with E-state index in [0.29, 0.717) is 19.1 Å². The fourth-order valence-corrected chi connectivity index (χ4v) is 3.02. The molecular weight excluding hydrogens is 270 g/mol. The zero-order chi connectivity index (χ0) is 13.0. The van der Waals surface area contributed by atoms with Gasteiger partial charge < -0.3 is 10.6 Å². The van der Waals surface area contributed by atoms with E-state index in [4.69, 9.17) is 11.6 Å². The van der Waals surface area contributed by atoms with Gasteiger partial charge in [0.2, 0.25) is 5.91 Å². The molecule has 0 aromatic carbocycles. The van der Waals surface area contributed by atoms with Crippen LogP contribution in [0, 0.1) is 0 Å². The van der Waals surface area contributed by atoms with Crippen LogP contribution < -0.4 is 10.6 Å². The van der Waals surface area contributed by atoms with E-state index in [1.165, 1.54) is 11.3 Å². The molecule has 0 radical (unpaired) electrons. The number of carbonyl (C=O) groups is 1. The third kappa shape index (κ3) is 3.95. The van der Waals surface area contributed by atoms with E-state index in [2.05, 4.69) is 22.5 Å². The molecule has 100 valence electrons. The molecule has 1 saturated heterocycles. The minimum Gasteiger partial charge on any atom is -0.350 e. The van der Waals surface area contributed by atoms with Crippen LogP contribution in [0.3, 0.4) is 0 Å². The Kier molecular flexibility index (Phi) is 5.00. The maximum atomic E-state index is 11.8. The van der Waals surface area contributed by atoms with Gasteiger partial charge in [-0.15, -0.1) is 11.3 Å². The number of carbonyl (C=O) groups excluding carboxylic acids is 1. The fraction of sp³-hybridized carbons (Fsp3) is 0.583. The van der Waals surface area contributed by atoms with Crippen molar-refractivity contribution < 1.29 is 4.79 Å². The summed E-state index contributed by atoms with van der Waals surface area (Å²) in [6.45, 7) is 6.02. The van der Waals surface area contributed by atoms with Crippen molar-refractivity contribution in [3.8, 4) is 0 Å². The lowest BCUT2D eigenvalue weighted by Gasteiger charge is -2.33. The van der Waals surface area contributed by atoms with E-state index in [1.807, 2.05) is 12.1 Å². The van der Waals surface area contributed by atoms with Crippen LogP contribution in [-0.2, 0) is 11.3 Å². The van der Waals surface area contributed by atoms with Crippen LogP contribution in [-0.4, -0.2) is 43.0 Å². The van der Waals surface area contributed by atoms with Gasteiger partial charge >= 0.3 is 0 Å². The molecule has 2 N–H and O–H groups in total. The number of hydrogen-bond donors (Lipinski definition) is 2. The first-order chi connectivity index (χ1) is 8.65. The highest BCUT2D eigenvalue weighted by Gasteiger charge is 2.19. The quantitative estimate of drug-likeness (QED) is 0.878. The van der Waals surface area contributed by atoms with E-state index in [0.717, 1.165) is 28.8 Å². The summed E-state index contributed by atoms with van der Waals surface area (Å²) in [5.74, 6) is 0.0771. The number of rotatable bonds is 4. The van der Waals surface area contributed by atoms with Gasteiger partial charge in [0, 0.05) is 30.6 Å². The first-order valence-corrected chi connectivity index (χ1v) is 7.30. The predicted octanol–water partition coefficient (Wildman–Crippen LogP) is 1.31. The summed E-state index contributed by atoms with van der Waals surface area (Å²) in [6.07, 6.45) is 0. The smallest absolute Gasteiger partial charge is 0.234 e. The second kappa shape index (κ2) is 6.52. The molecule has 0 saturated carbocycles. The highest BCUT2D eigenvalue weighted by molar-refractivity contribution is 7.16. The number of hydrogen-bond acceptors (Lipinski definition) is 4. The molecule has 1 fully saturated rings. The van der Waals surface area contributed by atoms with Crippen molar-refractivity contribution in [2.75, 3.05) is 26.2 Å². The Bertz CT molecular complexity index is 410. The second-order valence-electron chi connectivity index (χ2n) is 4.51. The molecule has 1 amide bonds. The van der Waals surface area contributed by atoms with Crippen LogP contribution in [0.15, 0.2) is 12.1 Å². The molecule has 18 heavy (non-hydrogen) atoms. The average Bonchev–Trinajstić information content (AvgIpc) is 2.76. The van der Waals surface area contributed by atoms with Gasteiger partial charge in [0.05, 0.1) is 17.4 Å². The average molecular weight is 288 g/mol. The Balaban J connectivity index is 1.74. The lowest BCUT2D eigenvalue weighted by molar-refractivity contribution is -0.123. The van der Waals surface area contributed by atoms with Crippen LogP contribution in [0.2, 0.25) is 4.34 Å². The fourth-order valence-electron chi connectivity index (χ4n) is 1.99. The van der Waals surface area contributed by atoms with E-state index in [-0.39, 0.29) is 5.91 Å². The molecule has 6 heteroatoms. The molecule has 0 spiro atoms. The molecule has 1 aliphatic heterocycles. The van der Waals surface area contributed by atoms with Crippen molar-refractivity contribution in [1.29, 1.82) is 0 Å². The van der Waals surface area contributed by atoms with Crippen LogP contribution in [0.25, 0.3) is 0 Å². The molecule has 4 nitrogen and oxygen atoms in total. The Hall–Kier alpha value is -0.620. The second-order valence-corrected chi connectivity index (χ2v) is 6.31. The van der Waals surface area contributed by atoms with Crippen LogP contribution >= 0.6 is 22.9 Å². The van der Waals surface area contributed by atoms with E-state index in [1.54, 1.807) is 0 Å². The van der Waals surface area contributed by atoms with Crippen LogP contribution in [0.4, 0.5) is 0 Å². The Morgan fingerprint density at radius 2 is 2.50 bits per heavy atom. The SMILES string of the molecule is C[C@H]1CNCCN1CC(=O)NCc1ccc(Cl)s1. The molecule has 1 aromatic rings. The normalized spacial score (nSPS) is 20.9. The highest BCUT2D eigenvalue weighted by Crippen LogP contribution is 2.20. The molecule has 1 aromatic heterocycles. The van der Waals surface area contributed by atoms with Crippen molar-refractivity contribution in [1.82, 2.24) is 15.5 Å². The first kappa shape index (κ1) is 13.8. The number of nitrogens with one attached hydrogen (secondary N) is 2. The van der Waals surface area contributed by atoms with Gasteiger partial charge in [-0.05, 0) is 19.1 Å². The van der Waals surface area contributed by atoms with Crippen molar-refractivity contribution >= 4 is 28.8 Å². The highest BCUT2D eigenvalue weighted by atomic mass is 35.5. The summed E-state index contributed by atoms with van der Waals surface area (Å²) in [5.41, 5.74) is 0. The third-order valence-corrected chi connectivity index (χ3v) is 4.31. The number of halogens is 1. The van der Waals surface area contributed by atoms with E-state index < -0.39 is 0 Å². The minimum absolute atomic E-state index is 0.0771. The molecule has 0 unspecified atom stereocenters. The summed E-state index contributed by atoms with van der Waals surface area (Å²) < 4.78 is 0.759. The van der Waals surface area contributed by atoms with Crippen molar-refractivity contribution in [3.05, 3.63) is 21.3 Å². The maximum Gasteiger partial charge on any atom is 0.234 e. The minimum atomic E-state index is 0.0771. The molecule has 2 rings (SSSR count). The third-order valence-electron chi connectivity index (χ3n) is 3.07. The molecule has 0 aliphatic carbocycles. The Morgan fingerprint density at radius 3 is 3.17 bits per heavy atom. The molecule has 2 heterocycles. The maximum absolute atomic E-state index is 11.8.